The fraction of sp³-hybridized carbons (Fsp3) is 0.737. The standard InChI is InChI=1S/C19H28N4O5/c1-26-19(18(25)20-11-13-3-2-9-28-13)5-7-23(8-6-19)17(24)16-14-12-27-10-4-15(14)21-22-16/h13H,2-12H2,1H3,(H,20,25)(H,21,22). The zero-order valence-corrected chi connectivity index (χ0v) is 16.3. The Morgan fingerprint density at radius 3 is 2.89 bits per heavy atom. The number of H-pyrrole nitrogens is 1. The van der Waals surface area contributed by atoms with Crippen LogP contribution in [0.5, 0.6) is 0 Å². The fourth-order valence-electron chi connectivity index (χ4n) is 4.21. The molecule has 9 heteroatoms. The number of piperidine rings is 1. The highest BCUT2D eigenvalue weighted by Crippen LogP contribution is 2.28. The van der Waals surface area contributed by atoms with Gasteiger partial charge in [-0.3, -0.25) is 14.7 Å². The second kappa shape index (κ2) is 8.18. The summed E-state index contributed by atoms with van der Waals surface area (Å²) in [6.07, 6.45) is 3.75. The average Bonchev–Trinajstić information content (AvgIpc) is 3.41. The summed E-state index contributed by atoms with van der Waals surface area (Å²) < 4.78 is 16.7. The molecule has 1 aromatic rings. The normalized spacial score (nSPS) is 24.0. The van der Waals surface area contributed by atoms with Gasteiger partial charge in [0.15, 0.2) is 5.69 Å². The van der Waals surface area contributed by atoms with E-state index in [-0.39, 0.29) is 17.9 Å². The van der Waals surface area contributed by atoms with E-state index in [2.05, 4.69) is 15.5 Å². The number of carbonyl (C=O) groups is 2. The van der Waals surface area contributed by atoms with Crippen LogP contribution >= 0.6 is 0 Å². The number of nitrogens with one attached hydrogen (secondary N) is 2. The van der Waals surface area contributed by atoms with Gasteiger partial charge in [-0.25, -0.2) is 0 Å². The van der Waals surface area contributed by atoms with Gasteiger partial charge in [-0.05, 0) is 12.8 Å². The minimum atomic E-state index is -0.899. The van der Waals surface area contributed by atoms with Gasteiger partial charge >= 0.3 is 0 Å². The van der Waals surface area contributed by atoms with Crippen LogP contribution in [0.1, 0.15) is 47.4 Å². The molecule has 9 nitrogen and oxygen atoms in total. The van der Waals surface area contributed by atoms with Crippen LogP contribution in [0.2, 0.25) is 0 Å². The molecule has 0 aromatic carbocycles. The second-order valence-corrected chi connectivity index (χ2v) is 7.67. The summed E-state index contributed by atoms with van der Waals surface area (Å²) in [5, 5.41) is 10.1. The van der Waals surface area contributed by atoms with Gasteiger partial charge in [0.25, 0.3) is 11.8 Å². The Balaban J connectivity index is 1.36. The van der Waals surface area contributed by atoms with Crippen LogP contribution in [0.4, 0.5) is 0 Å². The van der Waals surface area contributed by atoms with E-state index in [9.17, 15) is 9.59 Å². The summed E-state index contributed by atoms with van der Waals surface area (Å²) in [5.74, 6) is -0.240. The number of aromatic amines is 1. The third-order valence-electron chi connectivity index (χ3n) is 6.08. The fourth-order valence-corrected chi connectivity index (χ4v) is 4.21. The Hall–Kier alpha value is -1.97. The minimum Gasteiger partial charge on any atom is -0.376 e. The Bertz CT molecular complexity index is 720. The van der Waals surface area contributed by atoms with E-state index in [0.29, 0.717) is 51.4 Å². The highest BCUT2D eigenvalue weighted by Gasteiger charge is 2.43. The molecule has 0 saturated carbocycles. The van der Waals surface area contributed by atoms with Crippen LogP contribution in [0.25, 0.3) is 0 Å². The molecule has 2 saturated heterocycles. The number of aromatic nitrogens is 2. The van der Waals surface area contributed by atoms with Crippen LogP contribution in [0.15, 0.2) is 0 Å². The number of rotatable bonds is 5. The zero-order chi connectivity index (χ0) is 19.6. The summed E-state index contributed by atoms with van der Waals surface area (Å²) in [5.41, 5.74) is 1.37. The van der Waals surface area contributed by atoms with Crippen molar-refractivity contribution < 1.29 is 23.8 Å². The zero-order valence-electron chi connectivity index (χ0n) is 16.3. The van der Waals surface area contributed by atoms with Gasteiger partial charge in [-0.1, -0.05) is 0 Å². The Labute approximate surface area is 164 Å². The topological polar surface area (TPSA) is 106 Å². The monoisotopic (exact) mass is 392 g/mol. The number of fused-ring (bicyclic) bond motifs is 1. The smallest absolute Gasteiger partial charge is 0.274 e. The van der Waals surface area contributed by atoms with Gasteiger partial charge in [0.1, 0.15) is 5.60 Å². The van der Waals surface area contributed by atoms with Crippen molar-refractivity contribution in [2.75, 3.05) is 40.0 Å². The first-order chi connectivity index (χ1) is 13.6. The SMILES string of the molecule is COC1(C(=O)NCC2CCCO2)CCN(C(=O)c2n[nH]c3c2COCC3)CC1. The van der Waals surface area contributed by atoms with Crippen molar-refractivity contribution in [2.24, 2.45) is 0 Å². The maximum absolute atomic E-state index is 12.9. The highest BCUT2D eigenvalue weighted by atomic mass is 16.5. The summed E-state index contributed by atoms with van der Waals surface area (Å²) in [7, 11) is 1.56. The first-order valence-electron chi connectivity index (χ1n) is 10.0. The summed E-state index contributed by atoms with van der Waals surface area (Å²) in [6.45, 7) is 3.21. The molecular weight excluding hydrogens is 364 g/mol. The second-order valence-electron chi connectivity index (χ2n) is 7.67. The highest BCUT2D eigenvalue weighted by molar-refractivity contribution is 5.94. The van der Waals surface area contributed by atoms with Crippen molar-refractivity contribution in [1.82, 2.24) is 20.4 Å². The maximum atomic E-state index is 12.9. The summed E-state index contributed by atoms with van der Waals surface area (Å²) in [6, 6.07) is 0. The number of methoxy groups -OCH3 is 1. The number of carbonyl (C=O) groups excluding carboxylic acids is 2. The molecule has 4 rings (SSSR count). The van der Waals surface area contributed by atoms with Crippen molar-refractivity contribution in [2.45, 2.75) is 50.4 Å². The molecule has 154 valence electrons. The van der Waals surface area contributed by atoms with E-state index in [1.54, 1.807) is 12.0 Å². The van der Waals surface area contributed by atoms with Gasteiger partial charge in [0.2, 0.25) is 0 Å². The van der Waals surface area contributed by atoms with Crippen molar-refractivity contribution in [3.8, 4) is 0 Å². The predicted octanol–water partition coefficient (Wildman–Crippen LogP) is 0.399. The Morgan fingerprint density at radius 1 is 1.36 bits per heavy atom. The van der Waals surface area contributed by atoms with Crippen molar-refractivity contribution in [1.29, 1.82) is 0 Å². The number of amides is 2. The third kappa shape index (κ3) is 3.66. The molecule has 1 unspecified atom stereocenters. The first-order valence-corrected chi connectivity index (χ1v) is 10.0. The van der Waals surface area contributed by atoms with Crippen LogP contribution in [0, 0.1) is 0 Å². The lowest BCUT2D eigenvalue weighted by Crippen LogP contribution is -2.56. The van der Waals surface area contributed by atoms with Gasteiger partial charge < -0.3 is 24.4 Å². The van der Waals surface area contributed by atoms with E-state index in [1.165, 1.54) is 0 Å². The van der Waals surface area contributed by atoms with Crippen LogP contribution < -0.4 is 5.32 Å². The third-order valence-corrected chi connectivity index (χ3v) is 6.08. The van der Waals surface area contributed by atoms with Crippen molar-refractivity contribution in [3.63, 3.8) is 0 Å². The molecular formula is C19H28N4O5. The molecule has 0 aliphatic carbocycles. The van der Waals surface area contributed by atoms with Crippen LogP contribution in [-0.4, -0.2) is 78.6 Å². The number of hydrogen-bond donors (Lipinski definition) is 2. The molecule has 28 heavy (non-hydrogen) atoms. The van der Waals surface area contributed by atoms with Crippen molar-refractivity contribution >= 4 is 11.8 Å². The molecule has 2 fully saturated rings. The molecule has 3 aliphatic rings. The van der Waals surface area contributed by atoms with Gasteiger partial charge in [-0.15, -0.1) is 0 Å². The van der Waals surface area contributed by atoms with Gasteiger partial charge in [0, 0.05) is 63.9 Å². The lowest BCUT2D eigenvalue weighted by atomic mass is 9.89. The molecule has 0 spiro atoms. The molecule has 0 radical (unpaired) electrons. The largest absolute Gasteiger partial charge is 0.376 e. The molecule has 1 atom stereocenters. The van der Waals surface area contributed by atoms with E-state index >= 15 is 0 Å². The van der Waals surface area contributed by atoms with E-state index in [4.69, 9.17) is 14.2 Å². The van der Waals surface area contributed by atoms with E-state index in [0.717, 1.165) is 37.1 Å². The van der Waals surface area contributed by atoms with Crippen LogP contribution in [-0.2, 0) is 32.0 Å². The van der Waals surface area contributed by atoms with E-state index in [1.807, 2.05) is 0 Å². The Kier molecular flexibility index (Phi) is 5.65. The molecule has 2 N–H and O–H groups in total. The molecule has 2 amide bonds. The summed E-state index contributed by atoms with van der Waals surface area (Å²) in [4.78, 5) is 27.5. The Morgan fingerprint density at radius 2 is 2.18 bits per heavy atom. The number of ether oxygens (including phenoxy) is 3. The number of likely N-dealkylation sites (tertiary alicyclic amines) is 1. The van der Waals surface area contributed by atoms with Crippen molar-refractivity contribution in [3.05, 3.63) is 17.0 Å². The van der Waals surface area contributed by atoms with Gasteiger partial charge in [0.05, 0.1) is 19.3 Å². The molecule has 0 bridgehead atoms. The van der Waals surface area contributed by atoms with Crippen LogP contribution in [0.3, 0.4) is 0 Å². The number of nitrogens with zero attached hydrogens (tertiary/aromatic N) is 2. The molecule has 4 heterocycles. The number of hydrogen-bond acceptors (Lipinski definition) is 6. The molecule has 1 aromatic heterocycles. The first kappa shape index (κ1) is 19.4. The lowest BCUT2D eigenvalue weighted by Gasteiger charge is -2.39. The van der Waals surface area contributed by atoms with Gasteiger partial charge in [-0.2, -0.15) is 5.10 Å². The van der Waals surface area contributed by atoms with E-state index < -0.39 is 5.60 Å². The minimum absolute atomic E-state index is 0.0904. The predicted molar refractivity (Wildman–Crippen MR) is 98.8 cm³/mol. The lowest BCUT2D eigenvalue weighted by molar-refractivity contribution is -0.149. The molecule has 3 aliphatic heterocycles. The quantitative estimate of drug-likeness (QED) is 0.751. The maximum Gasteiger partial charge on any atom is 0.274 e. The summed E-state index contributed by atoms with van der Waals surface area (Å²) >= 11 is 0. The average molecular weight is 392 g/mol.